The van der Waals surface area contributed by atoms with Gasteiger partial charge in [-0.3, -0.25) is 0 Å². The quantitative estimate of drug-likeness (QED) is 0.288. The topological polar surface area (TPSA) is 44.8 Å². The van der Waals surface area contributed by atoms with E-state index in [4.69, 9.17) is 9.47 Å². The van der Waals surface area contributed by atoms with Crippen LogP contribution in [0.25, 0.3) is 5.57 Å². The molecule has 0 heterocycles. The Bertz CT molecular complexity index is 1010. The minimum atomic E-state index is -0.413. The van der Waals surface area contributed by atoms with Crippen LogP contribution >= 0.6 is 22.6 Å². The monoisotopic (exact) mass is 514 g/mol. The fourth-order valence-electron chi connectivity index (χ4n) is 2.94. The van der Waals surface area contributed by atoms with Gasteiger partial charge in [-0.2, -0.15) is 0 Å². The van der Waals surface area contributed by atoms with E-state index < -0.39 is 5.97 Å². The summed E-state index contributed by atoms with van der Waals surface area (Å²) in [4.78, 5) is 11.2. The van der Waals surface area contributed by atoms with Crippen LogP contribution in [0.5, 0.6) is 11.5 Å². The van der Waals surface area contributed by atoms with Crippen LogP contribution < -0.4 is 9.47 Å². The van der Waals surface area contributed by atoms with Crippen molar-refractivity contribution < 1.29 is 19.0 Å². The number of rotatable bonds is 8. The Labute approximate surface area is 190 Å². The van der Waals surface area contributed by atoms with Crippen molar-refractivity contribution in [3.8, 4) is 11.5 Å². The van der Waals surface area contributed by atoms with Gasteiger partial charge in [0, 0.05) is 3.57 Å². The van der Waals surface area contributed by atoms with E-state index in [-0.39, 0.29) is 6.61 Å². The largest absolute Gasteiger partial charge is 0.489 e. The summed E-state index contributed by atoms with van der Waals surface area (Å²) in [5, 5.41) is 0. The molecular formula is C25H23IO4. The molecule has 0 aliphatic heterocycles. The Morgan fingerprint density at radius 1 is 0.933 bits per heavy atom. The molecule has 0 saturated carbocycles. The van der Waals surface area contributed by atoms with Crippen LogP contribution in [0.15, 0.2) is 78.9 Å². The van der Waals surface area contributed by atoms with Crippen molar-refractivity contribution in [1.29, 1.82) is 0 Å². The first kappa shape index (κ1) is 21.9. The highest BCUT2D eigenvalue weighted by atomic mass is 127. The molecule has 0 saturated heterocycles. The maximum absolute atomic E-state index is 11.2. The van der Waals surface area contributed by atoms with E-state index in [1.807, 2.05) is 37.3 Å². The van der Waals surface area contributed by atoms with E-state index in [1.54, 1.807) is 6.07 Å². The van der Waals surface area contributed by atoms with Gasteiger partial charge in [-0.15, -0.1) is 0 Å². The molecule has 0 atom stereocenters. The van der Waals surface area contributed by atoms with Crippen LogP contribution in [0.3, 0.4) is 0 Å². The molecule has 3 aromatic carbocycles. The highest BCUT2D eigenvalue weighted by molar-refractivity contribution is 14.1. The first-order valence-electron chi connectivity index (χ1n) is 9.51. The number of hydrogen-bond acceptors (Lipinski definition) is 4. The third-order valence-corrected chi connectivity index (χ3v) is 5.22. The molecule has 154 valence electrons. The molecule has 0 fully saturated rings. The lowest BCUT2D eigenvalue weighted by atomic mass is 9.98. The second-order valence-electron chi connectivity index (χ2n) is 6.59. The SMILES string of the molecule is COC(=O)COc1ccc(OC/C=C(/c2ccccc2)c2ccc(I)cc2)cc1C. The number of carbonyl (C=O) groups is 1. The van der Waals surface area contributed by atoms with Gasteiger partial charge in [0.1, 0.15) is 18.1 Å². The van der Waals surface area contributed by atoms with Gasteiger partial charge in [0.15, 0.2) is 6.61 Å². The van der Waals surface area contributed by atoms with Crippen LogP contribution in [0.1, 0.15) is 16.7 Å². The molecule has 4 nitrogen and oxygen atoms in total. The highest BCUT2D eigenvalue weighted by Gasteiger charge is 2.07. The maximum Gasteiger partial charge on any atom is 0.343 e. The summed E-state index contributed by atoms with van der Waals surface area (Å²) >= 11 is 2.31. The summed E-state index contributed by atoms with van der Waals surface area (Å²) in [6.07, 6.45) is 2.09. The molecule has 0 aliphatic carbocycles. The number of esters is 1. The van der Waals surface area contributed by atoms with Gasteiger partial charge >= 0.3 is 5.97 Å². The van der Waals surface area contributed by atoms with Crippen LogP contribution in [0, 0.1) is 10.5 Å². The number of hydrogen-bond donors (Lipinski definition) is 0. The molecule has 0 aromatic heterocycles. The maximum atomic E-state index is 11.2. The Hall–Kier alpha value is -2.80. The number of halogens is 1. The number of ether oxygens (including phenoxy) is 3. The molecular weight excluding hydrogens is 491 g/mol. The second kappa shape index (κ2) is 10.8. The molecule has 0 aliphatic rings. The molecule has 0 N–H and O–H groups in total. The number of benzene rings is 3. The fraction of sp³-hybridized carbons (Fsp3) is 0.160. The smallest absolute Gasteiger partial charge is 0.343 e. The van der Waals surface area contributed by atoms with Gasteiger partial charge in [-0.05, 0) is 88.2 Å². The molecule has 3 aromatic rings. The minimum absolute atomic E-state index is 0.114. The average Bonchev–Trinajstić information content (AvgIpc) is 2.77. The van der Waals surface area contributed by atoms with Crippen molar-refractivity contribution in [2.24, 2.45) is 0 Å². The zero-order chi connectivity index (χ0) is 21.3. The highest BCUT2D eigenvalue weighted by Crippen LogP contribution is 2.26. The van der Waals surface area contributed by atoms with E-state index >= 15 is 0 Å². The number of methoxy groups -OCH3 is 1. The minimum Gasteiger partial charge on any atom is -0.489 e. The molecule has 0 unspecified atom stereocenters. The van der Waals surface area contributed by atoms with Crippen molar-refractivity contribution in [2.45, 2.75) is 6.92 Å². The van der Waals surface area contributed by atoms with Crippen LogP contribution in [0.4, 0.5) is 0 Å². The van der Waals surface area contributed by atoms with Crippen molar-refractivity contribution in [3.63, 3.8) is 0 Å². The normalized spacial score (nSPS) is 11.1. The summed E-state index contributed by atoms with van der Waals surface area (Å²) in [5.74, 6) is 0.959. The van der Waals surface area contributed by atoms with Crippen molar-refractivity contribution in [1.82, 2.24) is 0 Å². The Morgan fingerprint density at radius 2 is 1.63 bits per heavy atom. The molecule has 0 bridgehead atoms. The summed E-state index contributed by atoms with van der Waals surface area (Å²) in [6, 6.07) is 24.3. The zero-order valence-electron chi connectivity index (χ0n) is 16.9. The summed E-state index contributed by atoms with van der Waals surface area (Å²) < 4.78 is 17.2. The molecule has 0 spiro atoms. The van der Waals surface area contributed by atoms with Gasteiger partial charge in [-0.1, -0.05) is 42.5 Å². The van der Waals surface area contributed by atoms with E-state index in [0.29, 0.717) is 12.4 Å². The fourth-order valence-corrected chi connectivity index (χ4v) is 3.30. The Morgan fingerprint density at radius 3 is 2.30 bits per heavy atom. The van der Waals surface area contributed by atoms with Crippen molar-refractivity contribution in [3.05, 3.63) is 99.1 Å². The van der Waals surface area contributed by atoms with Crippen LogP contribution in [-0.4, -0.2) is 26.3 Å². The number of aryl methyl sites for hydroxylation is 1. The Kier molecular flexibility index (Phi) is 7.90. The molecule has 0 radical (unpaired) electrons. The molecule has 0 amide bonds. The summed E-state index contributed by atoms with van der Waals surface area (Å²) in [6.45, 7) is 2.23. The van der Waals surface area contributed by atoms with Crippen LogP contribution in [-0.2, 0) is 9.53 Å². The number of carbonyl (C=O) groups excluding carboxylic acids is 1. The standard InChI is InChI=1S/C25H23IO4/c1-18-16-22(12-13-24(18)30-17-25(27)28-2)29-15-14-23(19-6-4-3-5-7-19)20-8-10-21(26)11-9-20/h3-14,16H,15,17H2,1-2H3/b23-14-. The third kappa shape index (κ3) is 6.10. The van der Waals surface area contributed by atoms with E-state index in [9.17, 15) is 4.79 Å². The van der Waals surface area contributed by atoms with E-state index in [0.717, 1.165) is 28.0 Å². The molecule has 30 heavy (non-hydrogen) atoms. The van der Waals surface area contributed by atoms with E-state index in [1.165, 1.54) is 10.7 Å². The summed E-state index contributed by atoms with van der Waals surface area (Å²) in [5.41, 5.74) is 4.31. The first-order valence-corrected chi connectivity index (χ1v) is 10.6. The van der Waals surface area contributed by atoms with Crippen molar-refractivity contribution in [2.75, 3.05) is 20.3 Å². The predicted molar refractivity (Wildman–Crippen MR) is 127 cm³/mol. The lowest BCUT2D eigenvalue weighted by Crippen LogP contribution is -2.13. The van der Waals surface area contributed by atoms with Gasteiger partial charge in [-0.25, -0.2) is 4.79 Å². The van der Waals surface area contributed by atoms with Gasteiger partial charge in [0.25, 0.3) is 0 Å². The molecule has 3 rings (SSSR count). The lowest BCUT2D eigenvalue weighted by Gasteiger charge is -2.12. The zero-order valence-corrected chi connectivity index (χ0v) is 19.1. The molecule has 5 heteroatoms. The van der Waals surface area contributed by atoms with Gasteiger partial charge < -0.3 is 14.2 Å². The Balaban J connectivity index is 1.73. The predicted octanol–water partition coefficient (Wildman–Crippen LogP) is 5.66. The van der Waals surface area contributed by atoms with Gasteiger partial charge in [0.2, 0.25) is 0 Å². The second-order valence-corrected chi connectivity index (χ2v) is 7.84. The van der Waals surface area contributed by atoms with Gasteiger partial charge in [0.05, 0.1) is 7.11 Å². The van der Waals surface area contributed by atoms with Crippen LogP contribution in [0.2, 0.25) is 0 Å². The average molecular weight is 514 g/mol. The first-order chi connectivity index (χ1) is 14.6. The van der Waals surface area contributed by atoms with Crippen molar-refractivity contribution >= 4 is 34.1 Å². The summed E-state index contributed by atoms with van der Waals surface area (Å²) in [7, 11) is 1.34. The van der Waals surface area contributed by atoms with E-state index in [2.05, 4.69) is 69.8 Å². The third-order valence-electron chi connectivity index (χ3n) is 4.50. The lowest BCUT2D eigenvalue weighted by molar-refractivity contribution is -0.142.